The number of carboxylic acid groups (broad SMARTS) is 1. The minimum absolute atomic E-state index is 0.233. The Labute approximate surface area is 97.4 Å². The number of thioether (sulfide) groups is 1. The first kappa shape index (κ1) is 12.4. The van der Waals surface area contributed by atoms with Crippen LogP contribution in [-0.2, 0) is 9.59 Å². The molecule has 0 radical (unpaired) electrons. The number of carboxylic acids is 1. The molecule has 1 rings (SSSR count). The summed E-state index contributed by atoms with van der Waals surface area (Å²) in [7, 11) is 0. The second-order valence-corrected chi connectivity index (χ2v) is 3.82. The topological polar surface area (TPSA) is 67.3 Å². The van der Waals surface area contributed by atoms with E-state index in [1.54, 1.807) is 18.3 Å². The van der Waals surface area contributed by atoms with Crippen LogP contribution in [0.4, 0.5) is 0 Å². The van der Waals surface area contributed by atoms with Gasteiger partial charge in [0, 0.05) is 11.8 Å². The third kappa shape index (κ3) is 2.93. The third-order valence-electron chi connectivity index (χ3n) is 1.90. The highest BCUT2D eigenvalue weighted by Gasteiger charge is 2.13. The van der Waals surface area contributed by atoms with E-state index in [1.807, 2.05) is 6.26 Å². The molecule has 0 saturated carbocycles. The molecule has 0 atom stereocenters. The quantitative estimate of drug-likeness (QED) is 0.374. The van der Waals surface area contributed by atoms with Gasteiger partial charge in [0.25, 0.3) is 0 Å². The second-order valence-electron chi connectivity index (χ2n) is 3.02. The summed E-state index contributed by atoms with van der Waals surface area (Å²) in [4.78, 5) is 26.0. The van der Waals surface area contributed by atoms with Crippen LogP contribution < -0.4 is 0 Å². The number of ketones is 1. The molecule has 0 aliphatic heterocycles. The average Bonchev–Trinajstić information content (AvgIpc) is 2.25. The Balaban J connectivity index is 3.23. The van der Waals surface area contributed by atoms with Crippen molar-refractivity contribution in [2.24, 2.45) is 0 Å². The molecule has 84 valence electrons. The van der Waals surface area contributed by atoms with Crippen molar-refractivity contribution >= 4 is 29.6 Å². The lowest BCUT2D eigenvalue weighted by Gasteiger charge is -2.02. The number of pyridine rings is 1. The number of hydrogen-bond acceptors (Lipinski definition) is 4. The summed E-state index contributed by atoms with van der Waals surface area (Å²) in [6, 6.07) is 3.43. The average molecular weight is 237 g/mol. The van der Waals surface area contributed by atoms with Gasteiger partial charge in [-0.05, 0) is 25.3 Å². The number of carbonyl (C=O) groups excluding carboxylic acids is 1. The highest BCUT2D eigenvalue weighted by Crippen LogP contribution is 2.19. The van der Waals surface area contributed by atoms with Crippen molar-refractivity contribution in [3.63, 3.8) is 0 Å². The van der Waals surface area contributed by atoms with Gasteiger partial charge in [-0.25, -0.2) is 9.78 Å². The van der Waals surface area contributed by atoms with Gasteiger partial charge in [-0.1, -0.05) is 6.07 Å². The van der Waals surface area contributed by atoms with Crippen LogP contribution in [0.3, 0.4) is 0 Å². The first-order chi connectivity index (χ1) is 7.56. The van der Waals surface area contributed by atoms with Crippen LogP contribution in [0.1, 0.15) is 12.5 Å². The number of carbonyl (C=O) groups is 2. The van der Waals surface area contributed by atoms with Crippen molar-refractivity contribution in [2.75, 3.05) is 6.26 Å². The predicted octanol–water partition coefficient (Wildman–Crippen LogP) is 1.86. The molecule has 16 heavy (non-hydrogen) atoms. The maximum atomic E-state index is 11.1. The third-order valence-corrected chi connectivity index (χ3v) is 2.63. The van der Waals surface area contributed by atoms with Crippen LogP contribution >= 0.6 is 11.8 Å². The van der Waals surface area contributed by atoms with Gasteiger partial charge in [0.05, 0.1) is 0 Å². The lowest BCUT2D eigenvalue weighted by molar-refractivity contribution is -0.134. The highest BCUT2D eigenvalue weighted by molar-refractivity contribution is 7.98. The number of nitrogens with zero attached hydrogens (tertiary/aromatic N) is 1. The summed E-state index contributed by atoms with van der Waals surface area (Å²) in [6.45, 7) is 1.23. The van der Waals surface area contributed by atoms with E-state index in [0.29, 0.717) is 10.6 Å². The monoisotopic (exact) mass is 237 g/mol. The Morgan fingerprint density at radius 1 is 1.50 bits per heavy atom. The first-order valence-electron chi connectivity index (χ1n) is 4.51. The van der Waals surface area contributed by atoms with Crippen LogP contribution in [0.5, 0.6) is 0 Å². The summed E-state index contributed by atoms with van der Waals surface area (Å²) >= 11 is 1.40. The van der Waals surface area contributed by atoms with E-state index < -0.39 is 11.8 Å². The van der Waals surface area contributed by atoms with Crippen LogP contribution in [0.2, 0.25) is 0 Å². The molecule has 1 aromatic heterocycles. The number of hydrogen-bond donors (Lipinski definition) is 1. The SMILES string of the molecule is CSc1ncccc1/C=C(\C(C)=O)C(=O)O. The van der Waals surface area contributed by atoms with Crippen molar-refractivity contribution in [3.05, 3.63) is 29.5 Å². The van der Waals surface area contributed by atoms with E-state index in [-0.39, 0.29) is 5.57 Å². The van der Waals surface area contributed by atoms with Gasteiger partial charge in [-0.15, -0.1) is 11.8 Å². The van der Waals surface area contributed by atoms with Crippen molar-refractivity contribution in [1.29, 1.82) is 0 Å². The van der Waals surface area contributed by atoms with Crippen molar-refractivity contribution in [3.8, 4) is 0 Å². The van der Waals surface area contributed by atoms with Gasteiger partial charge in [-0.3, -0.25) is 4.79 Å². The van der Waals surface area contributed by atoms with E-state index in [4.69, 9.17) is 5.11 Å². The molecule has 0 saturated heterocycles. The Morgan fingerprint density at radius 3 is 2.69 bits per heavy atom. The fourth-order valence-electron chi connectivity index (χ4n) is 1.15. The molecule has 0 bridgehead atoms. The molecule has 5 heteroatoms. The summed E-state index contributed by atoms with van der Waals surface area (Å²) < 4.78 is 0. The smallest absolute Gasteiger partial charge is 0.339 e. The first-order valence-corrected chi connectivity index (χ1v) is 5.73. The molecule has 0 aliphatic carbocycles. The molecule has 0 unspecified atom stereocenters. The lowest BCUT2D eigenvalue weighted by Crippen LogP contribution is -2.08. The number of aromatic nitrogens is 1. The predicted molar refractivity (Wildman–Crippen MR) is 62.3 cm³/mol. The number of aliphatic carboxylic acids is 1. The molecule has 1 aromatic rings. The van der Waals surface area contributed by atoms with E-state index >= 15 is 0 Å². The zero-order valence-corrected chi connectivity index (χ0v) is 9.75. The normalized spacial score (nSPS) is 11.2. The molecular weight excluding hydrogens is 226 g/mol. The molecule has 1 heterocycles. The molecule has 0 spiro atoms. The standard InChI is InChI=1S/C11H11NO3S/c1-7(13)9(11(14)15)6-8-4-3-5-12-10(8)16-2/h3-6H,1-2H3,(H,14,15)/b9-6+. The molecule has 0 amide bonds. The molecule has 1 N–H and O–H groups in total. The largest absolute Gasteiger partial charge is 0.478 e. The van der Waals surface area contributed by atoms with E-state index in [1.165, 1.54) is 24.8 Å². The van der Waals surface area contributed by atoms with Crippen LogP contribution in [-0.4, -0.2) is 28.1 Å². The Bertz CT molecular complexity index is 438. The van der Waals surface area contributed by atoms with Crippen molar-refractivity contribution < 1.29 is 14.7 Å². The molecule has 4 nitrogen and oxygen atoms in total. The van der Waals surface area contributed by atoms with Crippen LogP contribution in [0, 0.1) is 0 Å². The summed E-state index contributed by atoms with van der Waals surface area (Å²) in [6.07, 6.45) is 4.81. The number of Topliss-reactive ketones (excluding diaryl/α,β-unsaturated/α-hetero) is 1. The van der Waals surface area contributed by atoms with Gasteiger partial charge in [0.15, 0.2) is 5.78 Å². The molecular formula is C11H11NO3S. The lowest BCUT2D eigenvalue weighted by atomic mass is 10.1. The fraction of sp³-hybridized carbons (Fsp3) is 0.182. The van der Waals surface area contributed by atoms with E-state index in [0.717, 1.165) is 0 Å². The fourth-order valence-corrected chi connectivity index (χ4v) is 1.68. The van der Waals surface area contributed by atoms with Crippen LogP contribution in [0.15, 0.2) is 28.9 Å². The zero-order chi connectivity index (χ0) is 12.1. The van der Waals surface area contributed by atoms with Gasteiger partial charge >= 0.3 is 5.97 Å². The van der Waals surface area contributed by atoms with E-state index in [2.05, 4.69) is 4.98 Å². The summed E-state index contributed by atoms with van der Waals surface area (Å²) in [5, 5.41) is 9.55. The molecule has 0 aromatic carbocycles. The second kappa shape index (κ2) is 5.46. The highest BCUT2D eigenvalue weighted by atomic mass is 32.2. The maximum absolute atomic E-state index is 11.1. The molecule has 0 fully saturated rings. The van der Waals surface area contributed by atoms with Gasteiger partial charge < -0.3 is 5.11 Å². The minimum Gasteiger partial charge on any atom is -0.478 e. The van der Waals surface area contributed by atoms with Crippen molar-refractivity contribution in [2.45, 2.75) is 11.9 Å². The van der Waals surface area contributed by atoms with Gasteiger partial charge in [0.1, 0.15) is 10.6 Å². The maximum Gasteiger partial charge on any atom is 0.339 e. The Morgan fingerprint density at radius 2 is 2.19 bits per heavy atom. The number of rotatable bonds is 4. The van der Waals surface area contributed by atoms with Crippen LogP contribution in [0.25, 0.3) is 6.08 Å². The van der Waals surface area contributed by atoms with Gasteiger partial charge in [-0.2, -0.15) is 0 Å². The van der Waals surface area contributed by atoms with E-state index in [9.17, 15) is 9.59 Å². The Kier molecular flexibility index (Phi) is 4.25. The minimum atomic E-state index is -1.22. The zero-order valence-electron chi connectivity index (χ0n) is 8.93. The summed E-state index contributed by atoms with van der Waals surface area (Å²) in [5.74, 6) is -1.69. The summed E-state index contributed by atoms with van der Waals surface area (Å²) in [5.41, 5.74) is 0.408. The van der Waals surface area contributed by atoms with Crippen molar-refractivity contribution in [1.82, 2.24) is 4.98 Å². The molecule has 0 aliphatic rings. The van der Waals surface area contributed by atoms with Gasteiger partial charge in [0.2, 0.25) is 0 Å². The Hall–Kier alpha value is -1.62.